The molecule has 1 aromatic carbocycles. The Morgan fingerprint density at radius 2 is 2.06 bits per heavy atom. The maximum absolute atomic E-state index is 10.6. The van der Waals surface area contributed by atoms with Gasteiger partial charge in [0.05, 0.1) is 5.56 Å². The molecule has 6 nitrogen and oxygen atoms in total. The Kier molecular flexibility index (Phi) is 4.06. The highest BCUT2D eigenvalue weighted by Gasteiger charge is 2.03. The molecule has 1 aromatic heterocycles. The maximum Gasteiger partial charge on any atom is 0.335 e. The van der Waals surface area contributed by atoms with Gasteiger partial charge in [0.25, 0.3) is 5.55 Å². The monoisotopic (exact) mass is 255 g/mol. The van der Waals surface area contributed by atoms with Crippen LogP contribution in [-0.4, -0.2) is 11.1 Å². The number of nitrogens with one attached hydrogen (secondary N) is 1. The van der Waals surface area contributed by atoms with Gasteiger partial charge >= 0.3 is 5.97 Å². The van der Waals surface area contributed by atoms with Crippen molar-refractivity contribution in [2.24, 2.45) is 0 Å². The fraction of sp³-hybridized carbons (Fsp3) is 0.100. The van der Waals surface area contributed by atoms with Crippen molar-refractivity contribution in [2.45, 2.75) is 6.54 Å². The first-order valence-corrected chi connectivity index (χ1v) is 4.55. The van der Waals surface area contributed by atoms with Crippen LogP contribution in [0.15, 0.2) is 35.0 Å². The maximum atomic E-state index is 10.6. The predicted molar refractivity (Wildman–Crippen MR) is 57.8 cm³/mol. The Morgan fingerprint density at radius 3 is 2.53 bits per heavy atom. The Hall–Kier alpha value is -2.08. The number of aromatic carboxylic acids is 1. The van der Waals surface area contributed by atoms with Crippen molar-refractivity contribution in [1.82, 2.24) is 5.27 Å². The van der Waals surface area contributed by atoms with Gasteiger partial charge in [0.1, 0.15) is 0 Å². The molecule has 0 radical (unpaired) electrons. The van der Waals surface area contributed by atoms with E-state index in [1.165, 1.54) is 23.0 Å². The number of carboxylic acids is 1. The summed E-state index contributed by atoms with van der Waals surface area (Å²) >= 11 is 0. The fourth-order valence-electron chi connectivity index (χ4n) is 1.29. The Bertz CT molecular complexity index is 559. The highest BCUT2D eigenvalue weighted by molar-refractivity contribution is 5.87. The summed E-state index contributed by atoms with van der Waals surface area (Å²) in [4.78, 5) is 10.6. The van der Waals surface area contributed by atoms with E-state index in [0.29, 0.717) is 6.54 Å². The van der Waals surface area contributed by atoms with Crippen LogP contribution < -0.4 is 15.5 Å². The number of hydrogen-bond acceptors (Lipinski definition) is 3. The molecule has 2 aromatic rings. The molecule has 1 heterocycles. The van der Waals surface area contributed by atoms with Crippen molar-refractivity contribution >= 4 is 18.4 Å². The molecule has 0 unspecified atom stereocenters. The second kappa shape index (κ2) is 5.31. The highest BCUT2D eigenvalue weighted by atomic mass is 35.5. The van der Waals surface area contributed by atoms with Crippen molar-refractivity contribution in [2.75, 3.05) is 0 Å². The van der Waals surface area contributed by atoms with Gasteiger partial charge in [0.15, 0.2) is 6.54 Å². The fourth-order valence-corrected chi connectivity index (χ4v) is 1.29. The van der Waals surface area contributed by atoms with Gasteiger partial charge in [-0.1, -0.05) is 12.1 Å². The molecule has 0 fully saturated rings. The van der Waals surface area contributed by atoms with E-state index in [2.05, 4.69) is 9.79 Å². The van der Waals surface area contributed by atoms with Crippen molar-refractivity contribution in [1.29, 1.82) is 5.41 Å². The molecule has 0 saturated carbocycles. The number of halogens is 1. The lowest BCUT2D eigenvalue weighted by atomic mass is 10.1. The number of aromatic nitrogens is 2. The molecule has 0 amide bonds. The van der Waals surface area contributed by atoms with Crippen LogP contribution in [0.1, 0.15) is 15.9 Å². The minimum atomic E-state index is -0.950. The van der Waals surface area contributed by atoms with Crippen LogP contribution in [0.2, 0.25) is 0 Å². The molecule has 0 bridgehead atoms. The van der Waals surface area contributed by atoms with Crippen LogP contribution in [0.25, 0.3) is 0 Å². The third-order valence-electron chi connectivity index (χ3n) is 2.06. The third kappa shape index (κ3) is 3.18. The summed E-state index contributed by atoms with van der Waals surface area (Å²) in [5, 5.41) is 19.5. The zero-order valence-electron chi connectivity index (χ0n) is 8.66. The van der Waals surface area contributed by atoms with Gasteiger partial charge in [-0.25, -0.2) is 9.48 Å². The van der Waals surface area contributed by atoms with Crippen LogP contribution in [-0.2, 0) is 6.54 Å². The zero-order valence-corrected chi connectivity index (χ0v) is 9.48. The quantitative estimate of drug-likeness (QED) is 0.765. The molecular formula is C10H10ClN3O3. The number of carbonyl (C=O) groups is 1. The number of benzene rings is 1. The summed E-state index contributed by atoms with van der Waals surface area (Å²) in [5.41, 5.74) is 1.13. The normalized spacial score (nSPS) is 9.65. The van der Waals surface area contributed by atoms with Crippen molar-refractivity contribution < 1.29 is 19.1 Å². The summed E-state index contributed by atoms with van der Waals surface area (Å²) in [6, 6.07) is 6.46. The second-order valence-electron chi connectivity index (χ2n) is 3.27. The summed E-state index contributed by atoms with van der Waals surface area (Å²) in [5.74, 6) is -0.950. The molecule has 0 saturated heterocycles. The minimum absolute atomic E-state index is 0. The molecule has 0 aliphatic heterocycles. The lowest BCUT2D eigenvalue weighted by molar-refractivity contribution is -0.760. The van der Waals surface area contributed by atoms with Gasteiger partial charge in [-0.3, -0.25) is 10.7 Å². The first-order valence-electron chi connectivity index (χ1n) is 4.55. The van der Waals surface area contributed by atoms with Crippen molar-refractivity contribution in [3.63, 3.8) is 0 Å². The lowest BCUT2D eigenvalue weighted by Crippen LogP contribution is -2.37. The van der Waals surface area contributed by atoms with Gasteiger partial charge in [0.2, 0.25) is 6.20 Å². The molecule has 0 spiro atoms. The molecule has 2 N–H and O–H groups in total. The zero-order chi connectivity index (χ0) is 11.5. The number of hydrogen-bond donors (Lipinski definition) is 2. The van der Waals surface area contributed by atoms with Gasteiger partial charge in [-0.2, -0.15) is 0 Å². The van der Waals surface area contributed by atoms with Gasteiger partial charge in [-0.05, 0) is 12.1 Å². The Morgan fingerprint density at radius 1 is 1.41 bits per heavy atom. The number of rotatable bonds is 3. The molecule has 0 aliphatic rings. The van der Waals surface area contributed by atoms with Crippen molar-refractivity contribution in [3.8, 4) is 0 Å². The molecule has 0 aliphatic carbocycles. The van der Waals surface area contributed by atoms with Crippen LogP contribution in [0, 0.1) is 5.41 Å². The van der Waals surface area contributed by atoms with Gasteiger partial charge < -0.3 is 9.63 Å². The van der Waals surface area contributed by atoms with E-state index in [1.807, 2.05) is 0 Å². The lowest BCUT2D eigenvalue weighted by Gasteiger charge is -1.99. The second-order valence-corrected chi connectivity index (χ2v) is 3.27. The average Bonchev–Trinajstić information content (AvgIpc) is 2.65. The van der Waals surface area contributed by atoms with Gasteiger partial charge in [-0.15, -0.1) is 12.4 Å². The van der Waals surface area contributed by atoms with Crippen LogP contribution in [0.4, 0.5) is 0 Å². The van der Waals surface area contributed by atoms with E-state index < -0.39 is 5.97 Å². The van der Waals surface area contributed by atoms with E-state index in [0.717, 1.165) is 5.56 Å². The van der Waals surface area contributed by atoms with Crippen LogP contribution >= 0.6 is 12.4 Å². The predicted octanol–water partition coefficient (Wildman–Crippen LogP) is 0.172. The summed E-state index contributed by atoms with van der Waals surface area (Å²) in [6.45, 7) is 0.447. The topological polar surface area (TPSA) is 92.3 Å². The summed E-state index contributed by atoms with van der Waals surface area (Å²) in [6.07, 6.45) is 1.45. The van der Waals surface area contributed by atoms with Crippen LogP contribution in [0.3, 0.4) is 0 Å². The summed E-state index contributed by atoms with van der Waals surface area (Å²) in [7, 11) is 0. The van der Waals surface area contributed by atoms with Crippen LogP contribution in [0.5, 0.6) is 0 Å². The Balaban J connectivity index is 0.00000144. The van der Waals surface area contributed by atoms with E-state index in [1.54, 1.807) is 12.1 Å². The molecule has 17 heavy (non-hydrogen) atoms. The molecular weight excluding hydrogens is 246 g/mol. The number of nitrogens with zero attached hydrogens (tertiary/aromatic N) is 2. The molecule has 90 valence electrons. The smallest absolute Gasteiger partial charge is 0.335 e. The first kappa shape index (κ1) is 13.0. The number of carboxylic acid groups (broad SMARTS) is 1. The standard InChI is InChI=1S/C10H9N3O3.ClH/c11-9-6-13(12-16-9)5-7-1-3-8(4-2-7)10(14)15;/h1-4,6,11H,5H2,(H,14,15);1H. The minimum Gasteiger partial charge on any atom is -0.487 e. The average molecular weight is 256 g/mol. The molecule has 0 atom stereocenters. The van der Waals surface area contributed by atoms with E-state index in [9.17, 15) is 4.79 Å². The first-order chi connectivity index (χ1) is 7.65. The molecule has 7 heteroatoms. The largest absolute Gasteiger partial charge is 0.487 e. The van der Waals surface area contributed by atoms with Gasteiger partial charge in [0, 0.05) is 5.56 Å². The SMILES string of the molecule is Cl.N=c1c[n+](Cc2ccc(C(=O)O)cc2)[n-]o1. The highest BCUT2D eigenvalue weighted by Crippen LogP contribution is 2.03. The molecule has 2 rings (SSSR count). The van der Waals surface area contributed by atoms with Crippen molar-refractivity contribution in [3.05, 3.63) is 47.1 Å². The summed E-state index contributed by atoms with van der Waals surface area (Å²) < 4.78 is 6.05. The van der Waals surface area contributed by atoms with E-state index in [4.69, 9.17) is 10.5 Å². The third-order valence-corrected chi connectivity index (χ3v) is 2.06. The van der Waals surface area contributed by atoms with E-state index in [-0.39, 0.29) is 23.5 Å². The van der Waals surface area contributed by atoms with E-state index >= 15 is 0 Å². The Labute approximate surface area is 102 Å².